The highest BCUT2D eigenvalue weighted by atomic mass is 32.1. The van der Waals surface area contributed by atoms with Gasteiger partial charge in [-0.15, -0.1) is 0 Å². The summed E-state index contributed by atoms with van der Waals surface area (Å²) < 4.78 is 0. The van der Waals surface area contributed by atoms with Gasteiger partial charge in [0.1, 0.15) is 12.1 Å². The van der Waals surface area contributed by atoms with Gasteiger partial charge in [-0.25, -0.2) is 0 Å². The molecule has 60 valence electrons. The van der Waals surface area contributed by atoms with Crippen molar-refractivity contribution < 1.29 is 0 Å². The third-order valence-electron chi connectivity index (χ3n) is 1.85. The van der Waals surface area contributed by atoms with E-state index in [0.717, 1.165) is 10.8 Å². The van der Waals surface area contributed by atoms with Crippen molar-refractivity contribution in [3.8, 4) is 12.1 Å². The van der Waals surface area contributed by atoms with Crippen molar-refractivity contribution in [1.82, 2.24) is 0 Å². The Morgan fingerprint density at radius 2 is 1.38 bits per heavy atom. The zero-order chi connectivity index (χ0) is 9.26. The maximum absolute atomic E-state index is 8.75. The summed E-state index contributed by atoms with van der Waals surface area (Å²) >= 11 is 1.57. The lowest BCUT2D eigenvalue weighted by molar-refractivity contribution is 1.45. The summed E-state index contributed by atoms with van der Waals surface area (Å²) in [4.78, 5) is 0. The van der Waals surface area contributed by atoms with Crippen LogP contribution in [0.15, 0.2) is 22.9 Å². The fourth-order valence-electron chi connectivity index (χ4n) is 1.20. The number of hydrogen-bond acceptors (Lipinski definition) is 3. The first-order valence-corrected chi connectivity index (χ1v) is 4.59. The Morgan fingerprint density at radius 3 is 1.77 bits per heavy atom. The van der Waals surface area contributed by atoms with E-state index in [1.165, 1.54) is 0 Å². The molecule has 3 heteroatoms. The van der Waals surface area contributed by atoms with Crippen LogP contribution in [0.25, 0.3) is 10.8 Å². The fraction of sp³-hybridized carbons (Fsp3) is 0. The molecule has 0 radical (unpaired) electrons. The van der Waals surface area contributed by atoms with Gasteiger partial charge in [0.25, 0.3) is 0 Å². The SMILES string of the molecule is N#Cc1cc2cscc2cc1C#N. The Hall–Kier alpha value is -1.84. The summed E-state index contributed by atoms with van der Waals surface area (Å²) in [5.41, 5.74) is 0.904. The maximum Gasteiger partial charge on any atom is 0.101 e. The predicted octanol–water partition coefficient (Wildman–Crippen LogP) is 2.64. The lowest BCUT2D eigenvalue weighted by Crippen LogP contribution is -1.81. The van der Waals surface area contributed by atoms with Gasteiger partial charge in [0.05, 0.1) is 11.1 Å². The van der Waals surface area contributed by atoms with Crippen LogP contribution in [0, 0.1) is 22.7 Å². The molecule has 1 aromatic heterocycles. The average molecular weight is 184 g/mol. The number of fused-ring (bicyclic) bond motifs is 1. The van der Waals surface area contributed by atoms with Crippen LogP contribution in [0.4, 0.5) is 0 Å². The molecule has 0 aliphatic heterocycles. The summed E-state index contributed by atoms with van der Waals surface area (Å²) in [6, 6.07) is 7.53. The molecule has 0 aliphatic carbocycles. The third kappa shape index (κ3) is 1.16. The molecular weight excluding hydrogens is 180 g/mol. The van der Waals surface area contributed by atoms with Gasteiger partial charge in [0.2, 0.25) is 0 Å². The van der Waals surface area contributed by atoms with E-state index in [0.29, 0.717) is 11.1 Å². The number of rotatable bonds is 0. The molecule has 2 aromatic rings. The smallest absolute Gasteiger partial charge is 0.101 e. The van der Waals surface area contributed by atoms with Gasteiger partial charge in [-0.05, 0) is 33.7 Å². The lowest BCUT2D eigenvalue weighted by atomic mass is 10.1. The molecule has 2 nitrogen and oxygen atoms in total. The summed E-state index contributed by atoms with van der Waals surface area (Å²) in [6.45, 7) is 0. The van der Waals surface area contributed by atoms with Crippen LogP contribution in [0.3, 0.4) is 0 Å². The van der Waals surface area contributed by atoms with E-state index in [4.69, 9.17) is 10.5 Å². The maximum atomic E-state index is 8.75. The monoisotopic (exact) mass is 184 g/mol. The average Bonchev–Trinajstić information content (AvgIpc) is 2.62. The molecule has 0 bridgehead atoms. The molecule has 0 spiro atoms. The van der Waals surface area contributed by atoms with Crippen molar-refractivity contribution in [2.75, 3.05) is 0 Å². The van der Waals surface area contributed by atoms with Gasteiger partial charge in [-0.3, -0.25) is 0 Å². The van der Waals surface area contributed by atoms with E-state index < -0.39 is 0 Å². The third-order valence-corrected chi connectivity index (χ3v) is 2.63. The Balaban J connectivity index is 2.85. The summed E-state index contributed by atoms with van der Waals surface area (Å²) in [5, 5.41) is 23.5. The van der Waals surface area contributed by atoms with Crippen molar-refractivity contribution in [3.05, 3.63) is 34.0 Å². The summed E-state index contributed by atoms with van der Waals surface area (Å²) in [5.74, 6) is 0. The van der Waals surface area contributed by atoms with Gasteiger partial charge < -0.3 is 0 Å². The minimum absolute atomic E-state index is 0.452. The van der Waals surface area contributed by atoms with E-state index in [9.17, 15) is 0 Å². The summed E-state index contributed by atoms with van der Waals surface area (Å²) in [6.07, 6.45) is 0. The summed E-state index contributed by atoms with van der Waals surface area (Å²) in [7, 11) is 0. The Morgan fingerprint density at radius 1 is 0.923 bits per heavy atom. The van der Waals surface area contributed by atoms with Crippen LogP contribution in [-0.2, 0) is 0 Å². The number of hydrogen-bond donors (Lipinski definition) is 0. The fourth-order valence-corrected chi connectivity index (χ4v) is 1.97. The standard InChI is InChI=1S/C10H4N2S/c11-3-7-1-9-5-13-6-10(9)2-8(7)4-12/h1-2,5-6H. The molecule has 0 fully saturated rings. The minimum atomic E-state index is 0.452. The predicted molar refractivity (Wildman–Crippen MR) is 51.3 cm³/mol. The second-order valence-corrected chi connectivity index (χ2v) is 3.37. The number of nitriles is 2. The van der Waals surface area contributed by atoms with E-state index in [2.05, 4.69) is 0 Å². The number of benzene rings is 1. The Kier molecular flexibility index (Phi) is 1.73. The quantitative estimate of drug-likeness (QED) is 0.631. The van der Waals surface area contributed by atoms with E-state index in [1.807, 2.05) is 22.9 Å². The molecule has 0 amide bonds. The van der Waals surface area contributed by atoms with Crippen LogP contribution in [-0.4, -0.2) is 0 Å². The van der Waals surface area contributed by atoms with Crippen molar-refractivity contribution >= 4 is 22.1 Å². The zero-order valence-electron chi connectivity index (χ0n) is 6.61. The molecule has 0 saturated heterocycles. The molecule has 1 aromatic carbocycles. The molecule has 2 rings (SSSR count). The molecule has 13 heavy (non-hydrogen) atoms. The first kappa shape index (κ1) is 7.79. The van der Waals surface area contributed by atoms with Crippen LogP contribution < -0.4 is 0 Å². The molecule has 0 saturated carbocycles. The number of nitrogens with zero attached hydrogens (tertiary/aromatic N) is 2. The largest absolute Gasteiger partial charge is 0.192 e. The van der Waals surface area contributed by atoms with E-state index in [-0.39, 0.29) is 0 Å². The highest BCUT2D eigenvalue weighted by molar-refractivity contribution is 7.09. The van der Waals surface area contributed by atoms with E-state index in [1.54, 1.807) is 23.5 Å². The Bertz CT molecular complexity index is 492. The zero-order valence-corrected chi connectivity index (χ0v) is 7.43. The van der Waals surface area contributed by atoms with Crippen LogP contribution in [0.5, 0.6) is 0 Å². The van der Waals surface area contributed by atoms with Crippen LogP contribution >= 0.6 is 11.3 Å². The molecule has 1 heterocycles. The molecule has 0 aliphatic rings. The lowest BCUT2D eigenvalue weighted by Gasteiger charge is -1.93. The van der Waals surface area contributed by atoms with Crippen molar-refractivity contribution in [3.63, 3.8) is 0 Å². The van der Waals surface area contributed by atoms with Gasteiger partial charge in [-0.1, -0.05) is 0 Å². The molecule has 0 atom stereocenters. The van der Waals surface area contributed by atoms with Gasteiger partial charge in [-0.2, -0.15) is 21.9 Å². The first-order valence-electron chi connectivity index (χ1n) is 3.65. The van der Waals surface area contributed by atoms with Crippen molar-refractivity contribution in [1.29, 1.82) is 10.5 Å². The van der Waals surface area contributed by atoms with Gasteiger partial charge >= 0.3 is 0 Å². The van der Waals surface area contributed by atoms with Gasteiger partial charge in [0.15, 0.2) is 0 Å². The first-order chi connectivity index (χ1) is 6.35. The van der Waals surface area contributed by atoms with Crippen LogP contribution in [0.2, 0.25) is 0 Å². The molecule has 0 N–H and O–H groups in total. The van der Waals surface area contributed by atoms with Crippen LogP contribution in [0.1, 0.15) is 11.1 Å². The van der Waals surface area contributed by atoms with E-state index >= 15 is 0 Å². The van der Waals surface area contributed by atoms with Gasteiger partial charge in [0, 0.05) is 0 Å². The minimum Gasteiger partial charge on any atom is -0.192 e. The van der Waals surface area contributed by atoms with Crippen molar-refractivity contribution in [2.45, 2.75) is 0 Å². The number of thiophene rings is 1. The van der Waals surface area contributed by atoms with Crippen molar-refractivity contribution in [2.24, 2.45) is 0 Å². The highest BCUT2D eigenvalue weighted by Gasteiger charge is 2.03. The molecular formula is C10H4N2S. The topological polar surface area (TPSA) is 47.6 Å². The second kappa shape index (κ2) is 2.90. The normalized spacial score (nSPS) is 9.38. The highest BCUT2D eigenvalue weighted by Crippen LogP contribution is 2.22. The molecule has 0 unspecified atom stereocenters. The Labute approximate surface area is 79.3 Å². The second-order valence-electron chi connectivity index (χ2n) is 2.62.